The number of pyridine rings is 1. The first-order chi connectivity index (χ1) is 16.6. The maximum absolute atomic E-state index is 12.7. The largest absolute Gasteiger partial charge is 0.447 e. The lowest BCUT2D eigenvalue weighted by molar-refractivity contribution is 0.107. The topological polar surface area (TPSA) is 141 Å². The molecule has 2 aromatic carbocycles. The van der Waals surface area contributed by atoms with Crippen molar-refractivity contribution in [2.75, 3.05) is 37.5 Å². The average Bonchev–Trinajstić information content (AvgIpc) is 3.28. The molecule has 0 aliphatic rings. The Bertz CT molecular complexity index is 1320. The summed E-state index contributed by atoms with van der Waals surface area (Å²) in [4.78, 5) is 35.1. The van der Waals surface area contributed by atoms with Gasteiger partial charge in [-0.3, -0.25) is 10.1 Å². The minimum absolute atomic E-state index is 0.118. The Kier molecular flexibility index (Phi) is 7.21. The number of aromatic nitrogens is 3. The van der Waals surface area contributed by atoms with Crippen molar-refractivity contribution in [2.45, 2.75) is 6.10 Å². The van der Waals surface area contributed by atoms with Gasteiger partial charge in [-0.1, -0.05) is 36.4 Å². The summed E-state index contributed by atoms with van der Waals surface area (Å²) in [7, 11) is 1.52. The molecule has 4 rings (SSSR count). The van der Waals surface area contributed by atoms with Gasteiger partial charge in [0, 0.05) is 19.9 Å². The van der Waals surface area contributed by atoms with Crippen LogP contribution in [-0.4, -0.2) is 53.0 Å². The van der Waals surface area contributed by atoms with Crippen molar-refractivity contribution in [1.82, 2.24) is 15.0 Å². The summed E-state index contributed by atoms with van der Waals surface area (Å²) in [6.07, 6.45) is 0.127. The lowest BCUT2D eigenvalue weighted by Gasteiger charge is -2.14. The zero-order valence-corrected chi connectivity index (χ0v) is 18.5. The summed E-state index contributed by atoms with van der Waals surface area (Å²) in [5, 5.41) is 16.3. The minimum Gasteiger partial charge on any atom is -0.447 e. The SMILES string of the molecule is COCCOC(=O)Nc1cccc2[nH]c(-c3c(NCC(O)c4ccccc4)cc[nH]c3=O)nc12. The van der Waals surface area contributed by atoms with Gasteiger partial charge in [0.05, 0.1) is 29.6 Å². The molecule has 1 amide bonds. The number of anilines is 2. The minimum atomic E-state index is -0.760. The van der Waals surface area contributed by atoms with Crippen LogP contribution in [0.15, 0.2) is 65.6 Å². The number of nitrogens with one attached hydrogen (secondary N) is 4. The van der Waals surface area contributed by atoms with Crippen LogP contribution in [0.25, 0.3) is 22.4 Å². The molecule has 1 atom stereocenters. The Balaban J connectivity index is 1.59. The van der Waals surface area contributed by atoms with Gasteiger partial charge in [-0.05, 0) is 23.8 Å². The van der Waals surface area contributed by atoms with Crippen LogP contribution in [0.1, 0.15) is 11.7 Å². The van der Waals surface area contributed by atoms with Crippen LogP contribution in [0.2, 0.25) is 0 Å². The van der Waals surface area contributed by atoms with Gasteiger partial charge in [-0.25, -0.2) is 9.78 Å². The molecule has 0 bridgehead atoms. The summed E-state index contributed by atoms with van der Waals surface area (Å²) >= 11 is 0. The number of carbonyl (C=O) groups excluding carboxylic acids is 1. The molecule has 0 fully saturated rings. The number of H-pyrrole nitrogens is 2. The highest BCUT2D eigenvalue weighted by Crippen LogP contribution is 2.28. The van der Waals surface area contributed by atoms with Crippen LogP contribution in [-0.2, 0) is 9.47 Å². The number of carbonyl (C=O) groups is 1. The van der Waals surface area contributed by atoms with Crippen LogP contribution in [0.3, 0.4) is 0 Å². The molecule has 0 spiro atoms. The first-order valence-corrected chi connectivity index (χ1v) is 10.7. The summed E-state index contributed by atoms with van der Waals surface area (Å²) in [5.41, 5.74) is 2.73. The van der Waals surface area contributed by atoms with Crippen molar-refractivity contribution in [3.63, 3.8) is 0 Å². The zero-order valence-electron chi connectivity index (χ0n) is 18.5. The number of ether oxygens (including phenoxy) is 2. The van der Waals surface area contributed by atoms with Crippen molar-refractivity contribution < 1.29 is 19.4 Å². The zero-order chi connectivity index (χ0) is 23.9. The van der Waals surface area contributed by atoms with Crippen LogP contribution in [0, 0.1) is 0 Å². The number of benzene rings is 2. The third-order valence-electron chi connectivity index (χ3n) is 5.14. The van der Waals surface area contributed by atoms with Crippen LogP contribution >= 0.6 is 0 Å². The molecule has 2 aromatic heterocycles. The van der Waals surface area contributed by atoms with Gasteiger partial charge in [0.1, 0.15) is 23.5 Å². The number of hydrogen-bond acceptors (Lipinski definition) is 7. The van der Waals surface area contributed by atoms with Gasteiger partial charge >= 0.3 is 6.09 Å². The Labute approximate surface area is 195 Å². The average molecular weight is 463 g/mol. The van der Waals surface area contributed by atoms with E-state index in [-0.39, 0.29) is 30.9 Å². The Hall–Kier alpha value is -4.15. The van der Waals surface area contributed by atoms with Crippen LogP contribution < -0.4 is 16.2 Å². The Morgan fingerprint density at radius 3 is 2.71 bits per heavy atom. The van der Waals surface area contributed by atoms with Crippen molar-refractivity contribution >= 4 is 28.5 Å². The fraction of sp³-hybridized carbons (Fsp3) is 0.208. The smallest absolute Gasteiger partial charge is 0.411 e. The monoisotopic (exact) mass is 463 g/mol. The van der Waals surface area contributed by atoms with E-state index in [2.05, 4.69) is 25.6 Å². The fourth-order valence-corrected chi connectivity index (χ4v) is 3.48. The molecule has 5 N–H and O–H groups in total. The number of para-hydroxylation sites is 1. The predicted molar refractivity (Wildman–Crippen MR) is 129 cm³/mol. The number of aromatic amines is 2. The summed E-state index contributed by atoms with van der Waals surface area (Å²) < 4.78 is 9.92. The molecule has 0 radical (unpaired) electrons. The summed E-state index contributed by atoms with van der Waals surface area (Å²) in [6.45, 7) is 0.601. The second-order valence-electron chi connectivity index (χ2n) is 7.44. The first kappa shape index (κ1) is 23.0. The molecule has 0 saturated heterocycles. The second kappa shape index (κ2) is 10.6. The third-order valence-corrected chi connectivity index (χ3v) is 5.14. The highest BCUT2D eigenvalue weighted by molar-refractivity contribution is 5.98. The number of methoxy groups -OCH3 is 1. The summed E-state index contributed by atoms with van der Waals surface area (Å²) in [5.74, 6) is 0.315. The maximum Gasteiger partial charge on any atom is 0.411 e. The van der Waals surface area contributed by atoms with Crippen LogP contribution in [0.5, 0.6) is 0 Å². The van der Waals surface area contributed by atoms with E-state index in [1.54, 1.807) is 24.3 Å². The molecular formula is C24H25N5O5. The number of rotatable bonds is 9. The number of aliphatic hydroxyl groups excluding tert-OH is 1. The molecular weight excluding hydrogens is 438 g/mol. The lowest BCUT2D eigenvalue weighted by atomic mass is 10.1. The molecule has 176 valence electrons. The van der Waals surface area contributed by atoms with Gasteiger partial charge in [0.15, 0.2) is 0 Å². The number of amides is 1. The highest BCUT2D eigenvalue weighted by Gasteiger charge is 2.17. The van der Waals surface area contributed by atoms with E-state index in [9.17, 15) is 14.7 Å². The second-order valence-corrected chi connectivity index (χ2v) is 7.44. The molecule has 34 heavy (non-hydrogen) atoms. The van der Waals surface area contributed by atoms with Crippen molar-refractivity contribution in [1.29, 1.82) is 0 Å². The lowest BCUT2D eigenvalue weighted by Crippen LogP contribution is -2.17. The van der Waals surface area contributed by atoms with Gasteiger partial charge in [0.2, 0.25) is 0 Å². The number of imidazole rings is 1. The quantitative estimate of drug-likeness (QED) is 0.240. The van der Waals surface area contributed by atoms with Crippen molar-refractivity contribution in [3.8, 4) is 11.4 Å². The van der Waals surface area contributed by atoms with E-state index in [4.69, 9.17) is 9.47 Å². The van der Waals surface area contributed by atoms with Gasteiger partial charge in [0.25, 0.3) is 5.56 Å². The fourth-order valence-electron chi connectivity index (χ4n) is 3.48. The number of aliphatic hydroxyl groups is 1. The van der Waals surface area contributed by atoms with Crippen LogP contribution in [0.4, 0.5) is 16.2 Å². The van der Waals surface area contributed by atoms with E-state index in [1.807, 2.05) is 30.3 Å². The Morgan fingerprint density at radius 2 is 1.91 bits per heavy atom. The molecule has 10 nitrogen and oxygen atoms in total. The molecule has 4 aromatic rings. The standard InChI is InChI=1S/C24H25N5O5/c1-33-12-13-34-24(32)28-18-9-5-8-17-21(18)29-22(27-17)20-16(10-11-25-23(20)31)26-14-19(30)15-6-3-2-4-7-15/h2-11,19,30H,12-14H2,1H3,(H,27,29)(H,28,32)(H2,25,26,31). The van der Waals surface area contributed by atoms with E-state index < -0.39 is 12.2 Å². The number of fused-ring (bicyclic) bond motifs is 1. The molecule has 0 aliphatic heterocycles. The van der Waals surface area contributed by atoms with E-state index >= 15 is 0 Å². The summed E-state index contributed by atoms with van der Waals surface area (Å²) in [6, 6.07) is 16.2. The van der Waals surface area contributed by atoms with Gasteiger partial charge in [-0.2, -0.15) is 0 Å². The van der Waals surface area contributed by atoms with Crippen molar-refractivity contribution in [3.05, 3.63) is 76.7 Å². The molecule has 0 aliphatic carbocycles. The number of hydrogen-bond donors (Lipinski definition) is 5. The Morgan fingerprint density at radius 1 is 1.09 bits per heavy atom. The normalized spacial score (nSPS) is 11.8. The molecule has 2 heterocycles. The molecule has 0 saturated carbocycles. The van der Waals surface area contributed by atoms with Gasteiger partial charge in [-0.15, -0.1) is 0 Å². The van der Waals surface area contributed by atoms with E-state index in [0.29, 0.717) is 28.2 Å². The van der Waals surface area contributed by atoms with Gasteiger partial charge < -0.3 is 29.9 Å². The maximum atomic E-state index is 12.7. The number of nitrogens with zero attached hydrogens (tertiary/aromatic N) is 1. The van der Waals surface area contributed by atoms with E-state index in [1.165, 1.54) is 13.3 Å². The first-order valence-electron chi connectivity index (χ1n) is 10.7. The van der Waals surface area contributed by atoms with E-state index in [0.717, 1.165) is 5.56 Å². The highest BCUT2D eigenvalue weighted by atomic mass is 16.6. The predicted octanol–water partition coefficient (Wildman–Crippen LogP) is 3.26. The third kappa shape index (κ3) is 5.25. The van der Waals surface area contributed by atoms with Crippen molar-refractivity contribution in [2.24, 2.45) is 0 Å². The molecule has 1 unspecified atom stereocenters. The molecule has 10 heteroatoms.